The first kappa shape index (κ1) is 23.8. The predicted octanol–water partition coefficient (Wildman–Crippen LogP) is 5.00. The fourth-order valence-corrected chi connectivity index (χ4v) is 4.76. The number of aromatic nitrogens is 2. The van der Waals surface area contributed by atoms with Crippen LogP contribution in [-0.2, 0) is 13.1 Å². The number of carbonyl (C=O) groups excluding carboxylic acids is 1. The lowest BCUT2D eigenvalue weighted by Gasteiger charge is -2.32. The summed E-state index contributed by atoms with van der Waals surface area (Å²) in [5.41, 5.74) is 4.59. The Labute approximate surface area is 212 Å². The summed E-state index contributed by atoms with van der Waals surface area (Å²) >= 11 is 0. The van der Waals surface area contributed by atoms with E-state index < -0.39 is 0 Å². The minimum absolute atomic E-state index is 0.0753. The fraction of sp³-hybridized carbons (Fsp3) is 0.267. The molecule has 0 atom stereocenters. The van der Waals surface area contributed by atoms with Crippen molar-refractivity contribution >= 4 is 5.91 Å². The summed E-state index contributed by atoms with van der Waals surface area (Å²) in [6.45, 7) is 3.49. The highest BCUT2D eigenvalue weighted by Gasteiger charge is 2.24. The Morgan fingerprint density at radius 3 is 2.25 bits per heavy atom. The molecule has 2 heterocycles. The number of likely N-dealkylation sites (tertiary alicyclic amines) is 1. The summed E-state index contributed by atoms with van der Waals surface area (Å²) in [5.74, 6) is 0.663. The molecule has 6 nitrogen and oxygen atoms in total. The molecule has 5 rings (SSSR count). The standard InChI is InChI=1S/C30H32N4O2/c1-36-27-14-8-13-25(19-27)29-28(22-34(32-29)21-24-11-6-3-7-12-24)30(35)31-26-15-17-33(18-16-26)20-23-9-4-2-5-10-23/h2-14,19,22,26H,15-18,20-21H2,1H3,(H,31,35). The molecule has 6 heteroatoms. The van der Waals surface area contributed by atoms with E-state index in [4.69, 9.17) is 9.84 Å². The third-order valence-electron chi connectivity index (χ3n) is 6.71. The first-order valence-corrected chi connectivity index (χ1v) is 12.5. The van der Waals surface area contributed by atoms with Gasteiger partial charge in [-0.1, -0.05) is 72.8 Å². The van der Waals surface area contributed by atoms with Gasteiger partial charge in [0.1, 0.15) is 11.4 Å². The molecule has 1 N–H and O–H groups in total. The van der Waals surface area contributed by atoms with Crippen molar-refractivity contribution in [3.63, 3.8) is 0 Å². The van der Waals surface area contributed by atoms with Gasteiger partial charge in [-0.3, -0.25) is 14.4 Å². The van der Waals surface area contributed by atoms with Gasteiger partial charge in [-0.15, -0.1) is 0 Å². The average molecular weight is 481 g/mol. The minimum Gasteiger partial charge on any atom is -0.497 e. The lowest BCUT2D eigenvalue weighted by atomic mass is 10.0. The normalized spacial score (nSPS) is 14.5. The van der Waals surface area contributed by atoms with Crippen LogP contribution in [0, 0.1) is 0 Å². The molecule has 0 unspecified atom stereocenters. The third-order valence-corrected chi connectivity index (χ3v) is 6.71. The number of piperidine rings is 1. The smallest absolute Gasteiger partial charge is 0.255 e. The van der Waals surface area contributed by atoms with Crippen molar-refractivity contribution in [2.45, 2.75) is 32.0 Å². The highest BCUT2D eigenvalue weighted by Crippen LogP contribution is 2.26. The number of hydrogen-bond donors (Lipinski definition) is 1. The van der Waals surface area contributed by atoms with Crippen LogP contribution in [0.4, 0.5) is 0 Å². The Morgan fingerprint density at radius 2 is 1.58 bits per heavy atom. The number of rotatable bonds is 8. The summed E-state index contributed by atoms with van der Waals surface area (Å²) in [6.07, 6.45) is 3.73. The van der Waals surface area contributed by atoms with E-state index in [0.29, 0.717) is 17.8 Å². The van der Waals surface area contributed by atoms with Gasteiger partial charge in [-0.2, -0.15) is 5.10 Å². The van der Waals surface area contributed by atoms with Crippen molar-refractivity contribution in [2.24, 2.45) is 0 Å². The SMILES string of the molecule is COc1cccc(-c2nn(Cc3ccccc3)cc2C(=O)NC2CCN(Cc3ccccc3)CC2)c1. The van der Waals surface area contributed by atoms with Crippen molar-refractivity contribution in [3.8, 4) is 17.0 Å². The molecule has 1 aromatic heterocycles. The first-order chi connectivity index (χ1) is 17.7. The molecule has 3 aromatic carbocycles. The van der Waals surface area contributed by atoms with Crippen LogP contribution >= 0.6 is 0 Å². The molecular weight excluding hydrogens is 448 g/mol. The van der Waals surface area contributed by atoms with Gasteiger partial charge in [-0.05, 0) is 36.1 Å². The number of amides is 1. The van der Waals surface area contributed by atoms with Gasteiger partial charge in [-0.25, -0.2) is 0 Å². The van der Waals surface area contributed by atoms with Gasteiger partial charge >= 0.3 is 0 Å². The van der Waals surface area contributed by atoms with Crippen LogP contribution in [0.3, 0.4) is 0 Å². The second kappa shape index (κ2) is 11.2. The molecule has 0 radical (unpaired) electrons. The van der Waals surface area contributed by atoms with Crippen molar-refractivity contribution in [1.29, 1.82) is 0 Å². The van der Waals surface area contributed by atoms with Crippen LogP contribution in [0.15, 0.2) is 91.1 Å². The molecule has 184 valence electrons. The number of carbonyl (C=O) groups is 1. The van der Waals surface area contributed by atoms with Crippen LogP contribution in [0.5, 0.6) is 5.75 Å². The van der Waals surface area contributed by atoms with Crippen molar-refractivity contribution < 1.29 is 9.53 Å². The fourth-order valence-electron chi connectivity index (χ4n) is 4.76. The average Bonchev–Trinajstić information content (AvgIpc) is 3.35. The van der Waals surface area contributed by atoms with Crippen LogP contribution in [-0.4, -0.2) is 46.8 Å². The van der Waals surface area contributed by atoms with Gasteiger partial charge in [0.15, 0.2) is 0 Å². The number of nitrogens with one attached hydrogen (secondary N) is 1. The number of ether oxygens (including phenoxy) is 1. The highest BCUT2D eigenvalue weighted by molar-refractivity contribution is 6.00. The second-order valence-corrected chi connectivity index (χ2v) is 9.32. The van der Waals surface area contributed by atoms with Crippen LogP contribution in [0.25, 0.3) is 11.3 Å². The van der Waals surface area contributed by atoms with E-state index in [1.165, 1.54) is 5.56 Å². The lowest BCUT2D eigenvalue weighted by molar-refractivity contribution is 0.0909. The van der Waals surface area contributed by atoms with Gasteiger partial charge in [0.2, 0.25) is 0 Å². The Morgan fingerprint density at radius 1 is 0.917 bits per heavy atom. The van der Waals surface area contributed by atoms with E-state index in [0.717, 1.165) is 49.4 Å². The van der Waals surface area contributed by atoms with Gasteiger partial charge in [0.05, 0.1) is 19.2 Å². The summed E-state index contributed by atoms with van der Waals surface area (Å²) in [4.78, 5) is 15.9. The maximum atomic E-state index is 13.5. The van der Waals surface area contributed by atoms with Gasteiger partial charge < -0.3 is 10.1 Å². The second-order valence-electron chi connectivity index (χ2n) is 9.32. The number of benzene rings is 3. The predicted molar refractivity (Wildman–Crippen MR) is 142 cm³/mol. The monoisotopic (exact) mass is 480 g/mol. The Hall–Kier alpha value is -3.90. The minimum atomic E-state index is -0.0753. The molecule has 1 aliphatic heterocycles. The van der Waals surface area contributed by atoms with Crippen molar-refractivity contribution in [1.82, 2.24) is 20.0 Å². The van der Waals surface area contributed by atoms with Crippen LogP contribution < -0.4 is 10.1 Å². The van der Waals surface area contributed by atoms with E-state index in [1.807, 2.05) is 59.4 Å². The molecule has 1 saturated heterocycles. The Balaban J connectivity index is 1.30. The maximum absolute atomic E-state index is 13.5. The number of nitrogens with zero attached hydrogens (tertiary/aromatic N) is 3. The van der Waals surface area contributed by atoms with Crippen LogP contribution in [0.2, 0.25) is 0 Å². The molecule has 0 saturated carbocycles. The lowest BCUT2D eigenvalue weighted by Crippen LogP contribution is -2.44. The van der Waals surface area contributed by atoms with E-state index in [9.17, 15) is 4.79 Å². The summed E-state index contributed by atoms with van der Waals surface area (Å²) in [7, 11) is 1.64. The number of methoxy groups -OCH3 is 1. The zero-order valence-corrected chi connectivity index (χ0v) is 20.6. The molecule has 1 aliphatic rings. The molecular formula is C30H32N4O2. The molecule has 0 aliphatic carbocycles. The molecule has 0 spiro atoms. The Bertz CT molecular complexity index is 1280. The van der Waals surface area contributed by atoms with E-state index in [-0.39, 0.29) is 11.9 Å². The zero-order chi connectivity index (χ0) is 24.7. The topological polar surface area (TPSA) is 59.4 Å². The molecule has 1 fully saturated rings. The molecule has 1 amide bonds. The molecule has 4 aromatic rings. The first-order valence-electron chi connectivity index (χ1n) is 12.5. The van der Waals surface area contributed by atoms with E-state index in [1.54, 1.807) is 7.11 Å². The van der Waals surface area contributed by atoms with Gasteiger partial charge in [0, 0.05) is 37.4 Å². The van der Waals surface area contributed by atoms with E-state index in [2.05, 4.69) is 46.6 Å². The molecule has 0 bridgehead atoms. The third kappa shape index (κ3) is 5.83. The van der Waals surface area contributed by atoms with Crippen molar-refractivity contribution in [2.75, 3.05) is 20.2 Å². The highest BCUT2D eigenvalue weighted by atomic mass is 16.5. The summed E-state index contributed by atoms with van der Waals surface area (Å²) in [5, 5.41) is 8.10. The van der Waals surface area contributed by atoms with Crippen molar-refractivity contribution in [3.05, 3.63) is 108 Å². The quantitative estimate of drug-likeness (QED) is 0.386. The number of hydrogen-bond acceptors (Lipinski definition) is 4. The Kier molecular flexibility index (Phi) is 7.43. The van der Waals surface area contributed by atoms with E-state index >= 15 is 0 Å². The summed E-state index contributed by atoms with van der Waals surface area (Å²) in [6, 6.07) is 28.6. The largest absolute Gasteiger partial charge is 0.497 e. The van der Waals surface area contributed by atoms with Gasteiger partial charge in [0.25, 0.3) is 5.91 Å². The summed E-state index contributed by atoms with van der Waals surface area (Å²) < 4.78 is 7.26. The van der Waals surface area contributed by atoms with Crippen LogP contribution in [0.1, 0.15) is 34.3 Å². The zero-order valence-electron chi connectivity index (χ0n) is 20.6. The molecule has 36 heavy (non-hydrogen) atoms. The maximum Gasteiger partial charge on any atom is 0.255 e.